The molecular formula is C24H16F2N4O3. The number of fused-ring (bicyclic) bond motifs is 2. The number of anilines is 1. The monoisotopic (exact) mass is 446 g/mol. The number of benzene rings is 2. The lowest BCUT2D eigenvalue weighted by Gasteiger charge is -2.09. The summed E-state index contributed by atoms with van der Waals surface area (Å²) in [6, 6.07) is 16.4. The lowest BCUT2D eigenvalue weighted by atomic mass is 10.1. The molecule has 0 saturated carbocycles. The third-order valence-electron chi connectivity index (χ3n) is 5.25. The second kappa shape index (κ2) is 7.94. The van der Waals surface area contributed by atoms with Crippen LogP contribution in [0.5, 0.6) is 0 Å². The van der Waals surface area contributed by atoms with E-state index in [1.54, 1.807) is 49.4 Å². The highest BCUT2D eigenvalue weighted by Crippen LogP contribution is 2.27. The summed E-state index contributed by atoms with van der Waals surface area (Å²) in [6.45, 7) is 1.78. The number of hydrogen-bond donors (Lipinski definition) is 1. The predicted molar refractivity (Wildman–Crippen MR) is 119 cm³/mol. The van der Waals surface area contributed by atoms with Gasteiger partial charge in [0.05, 0.1) is 11.9 Å². The third-order valence-corrected chi connectivity index (χ3v) is 5.25. The Balaban J connectivity index is 1.57. The van der Waals surface area contributed by atoms with Crippen molar-refractivity contribution in [3.8, 4) is 11.3 Å². The summed E-state index contributed by atoms with van der Waals surface area (Å²) in [5.41, 5.74) is 1.54. The Kier molecular flexibility index (Phi) is 4.93. The molecule has 0 aliphatic rings. The van der Waals surface area contributed by atoms with Crippen molar-refractivity contribution in [1.29, 1.82) is 0 Å². The minimum absolute atomic E-state index is 0.00678. The van der Waals surface area contributed by atoms with Gasteiger partial charge >= 0.3 is 5.63 Å². The maximum Gasteiger partial charge on any atom is 0.336 e. The summed E-state index contributed by atoms with van der Waals surface area (Å²) < 4.78 is 33.7. The molecule has 164 valence electrons. The van der Waals surface area contributed by atoms with Gasteiger partial charge < -0.3 is 9.73 Å². The highest BCUT2D eigenvalue weighted by molar-refractivity contribution is 6.08. The fourth-order valence-electron chi connectivity index (χ4n) is 3.66. The van der Waals surface area contributed by atoms with Crippen LogP contribution < -0.4 is 10.9 Å². The molecule has 0 radical (unpaired) electrons. The van der Waals surface area contributed by atoms with E-state index < -0.39 is 18.0 Å². The topological polar surface area (TPSA) is 89.5 Å². The molecule has 3 heterocycles. The number of aromatic nitrogens is 3. The standard InChI is InChI=1S/C24H16F2N4O3/c1-13-9-21(31)33-20-10-15(7-8-16(13)20)28-24(32)17-12-27-30-19(22(25)26)11-18(29-23(17)30)14-5-3-2-4-6-14/h2-12,22H,1H3,(H,28,32). The average molecular weight is 446 g/mol. The Morgan fingerprint density at radius 1 is 1.09 bits per heavy atom. The van der Waals surface area contributed by atoms with Crippen molar-refractivity contribution in [2.45, 2.75) is 13.3 Å². The van der Waals surface area contributed by atoms with Crippen LogP contribution in [0.25, 0.3) is 27.9 Å². The van der Waals surface area contributed by atoms with Gasteiger partial charge in [0.1, 0.15) is 16.8 Å². The van der Waals surface area contributed by atoms with Crippen molar-refractivity contribution in [1.82, 2.24) is 14.6 Å². The van der Waals surface area contributed by atoms with Crippen molar-refractivity contribution in [2.24, 2.45) is 0 Å². The zero-order valence-electron chi connectivity index (χ0n) is 17.3. The van der Waals surface area contributed by atoms with Gasteiger partial charge in [0.15, 0.2) is 5.65 Å². The first-order valence-corrected chi connectivity index (χ1v) is 9.99. The smallest absolute Gasteiger partial charge is 0.336 e. The van der Waals surface area contributed by atoms with Gasteiger partial charge in [-0.05, 0) is 30.7 Å². The Morgan fingerprint density at radius 2 is 1.88 bits per heavy atom. The first-order chi connectivity index (χ1) is 15.9. The number of alkyl halides is 2. The zero-order valence-corrected chi connectivity index (χ0v) is 17.3. The molecule has 33 heavy (non-hydrogen) atoms. The second-order valence-electron chi connectivity index (χ2n) is 7.44. The van der Waals surface area contributed by atoms with Gasteiger partial charge in [-0.1, -0.05) is 30.3 Å². The third kappa shape index (κ3) is 3.73. The Labute approximate surface area is 185 Å². The molecule has 0 atom stereocenters. The zero-order chi connectivity index (χ0) is 23.1. The number of hydrogen-bond acceptors (Lipinski definition) is 5. The summed E-state index contributed by atoms with van der Waals surface area (Å²) in [4.78, 5) is 29.1. The lowest BCUT2D eigenvalue weighted by Crippen LogP contribution is -2.13. The number of aryl methyl sites for hydroxylation is 1. The Morgan fingerprint density at radius 3 is 2.64 bits per heavy atom. The first-order valence-electron chi connectivity index (χ1n) is 9.99. The molecule has 5 aromatic rings. The van der Waals surface area contributed by atoms with Crippen LogP contribution in [0.4, 0.5) is 14.5 Å². The van der Waals surface area contributed by atoms with Crippen LogP contribution in [0.2, 0.25) is 0 Å². The van der Waals surface area contributed by atoms with Crippen LogP contribution in [-0.2, 0) is 0 Å². The van der Waals surface area contributed by atoms with Gasteiger partial charge in [0.25, 0.3) is 12.3 Å². The molecule has 0 aliphatic heterocycles. The molecule has 0 unspecified atom stereocenters. The number of amides is 1. The summed E-state index contributed by atoms with van der Waals surface area (Å²) in [6.07, 6.45) is -1.62. The molecule has 2 aromatic carbocycles. The van der Waals surface area contributed by atoms with E-state index in [0.29, 0.717) is 22.5 Å². The van der Waals surface area contributed by atoms with Crippen molar-refractivity contribution >= 4 is 28.2 Å². The van der Waals surface area contributed by atoms with Gasteiger partial charge in [-0.2, -0.15) is 5.10 Å². The van der Waals surface area contributed by atoms with E-state index in [4.69, 9.17) is 4.42 Å². The highest BCUT2D eigenvalue weighted by atomic mass is 19.3. The largest absolute Gasteiger partial charge is 0.423 e. The lowest BCUT2D eigenvalue weighted by molar-refractivity contribution is 0.102. The number of nitrogens with zero attached hydrogens (tertiary/aromatic N) is 3. The normalized spacial score (nSPS) is 11.4. The molecule has 5 rings (SSSR count). The van der Waals surface area contributed by atoms with Crippen LogP contribution in [0.1, 0.15) is 28.0 Å². The van der Waals surface area contributed by atoms with Crippen molar-refractivity contribution < 1.29 is 18.0 Å². The summed E-state index contributed by atoms with van der Waals surface area (Å²) >= 11 is 0. The molecule has 7 nitrogen and oxygen atoms in total. The number of halogens is 2. The Hall–Kier alpha value is -4.40. The van der Waals surface area contributed by atoms with Crippen molar-refractivity contribution in [3.63, 3.8) is 0 Å². The molecule has 0 aliphatic carbocycles. The van der Waals surface area contributed by atoms with E-state index in [0.717, 1.165) is 15.5 Å². The first kappa shape index (κ1) is 20.5. The molecule has 1 N–H and O–H groups in total. The minimum Gasteiger partial charge on any atom is -0.423 e. The maximum atomic E-state index is 13.7. The quantitative estimate of drug-likeness (QED) is 0.393. The van der Waals surface area contributed by atoms with Crippen LogP contribution in [0.15, 0.2) is 76.1 Å². The van der Waals surface area contributed by atoms with E-state index in [-0.39, 0.29) is 16.9 Å². The molecule has 3 aromatic heterocycles. The van der Waals surface area contributed by atoms with Gasteiger partial charge in [-0.25, -0.2) is 23.1 Å². The predicted octanol–water partition coefficient (Wildman–Crippen LogP) is 5.00. The molecule has 0 fully saturated rings. The van der Waals surface area contributed by atoms with Gasteiger partial charge in [-0.3, -0.25) is 4.79 Å². The molecular weight excluding hydrogens is 430 g/mol. The minimum atomic E-state index is -2.82. The summed E-state index contributed by atoms with van der Waals surface area (Å²) in [7, 11) is 0. The fourth-order valence-corrected chi connectivity index (χ4v) is 3.66. The van der Waals surface area contributed by atoms with E-state index in [1.165, 1.54) is 24.4 Å². The SMILES string of the molecule is Cc1cc(=O)oc2cc(NC(=O)c3cnn4c(C(F)F)cc(-c5ccccc5)nc34)ccc12. The summed E-state index contributed by atoms with van der Waals surface area (Å²) in [5.74, 6) is -0.586. The van der Waals surface area contributed by atoms with Crippen LogP contribution in [0.3, 0.4) is 0 Å². The van der Waals surface area contributed by atoms with Crippen LogP contribution >= 0.6 is 0 Å². The second-order valence-corrected chi connectivity index (χ2v) is 7.44. The fraction of sp³-hybridized carbons (Fsp3) is 0.0833. The van der Waals surface area contributed by atoms with Crippen LogP contribution in [-0.4, -0.2) is 20.5 Å². The summed E-state index contributed by atoms with van der Waals surface area (Å²) in [5, 5.41) is 7.39. The number of carbonyl (C=O) groups is 1. The molecule has 1 amide bonds. The van der Waals surface area contributed by atoms with E-state index in [1.807, 2.05) is 0 Å². The maximum absolute atomic E-state index is 13.7. The van der Waals surface area contributed by atoms with E-state index in [2.05, 4.69) is 15.4 Å². The van der Waals surface area contributed by atoms with Crippen molar-refractivity contribution in [2.75, 3.05) is 5.32 Å². The Bertz CT molecular complexity index is 1580. The molecule has 0 saturated heterocycles. The van der Waals surface area contributed by atoms with E-state index in [9.17, 15) is 18.4 Å². The molecule has 0 spiro atoms. The molecule has 0 bridgehead atoms. The number of nitrogens with one attached hydrogen (secondary N) is 1. The highest BCUT2D eigenvalue weighted by Gasteiger charge is 2.22. The van der Waals surface area contributed by atoms with Crippen LogP contribution in [0, 0.1) is 6.92 Å². The number of rotatable bonds is 4. The van der Waals surface area contributed by atoms with Crippen molar-refractivity contribution in [3.05, 3.63) is 94.1 Å². The van der Waals surface area contributed by atoms with Gasteiger partial charge in [0.2, 0.25) is 0 Å². The number of carbonyl (C=O) groups excluding carboxylic acids is 1. The van der Waals surface area contributed by atoms with Gasteiger partial charge in [-0.15, -0.1) is 0 Å². The van der Waals surface area contributed by atoms with Gasteiger partial charge in [0, 0.05) is 28.8 Å². The average Bonchev–Trinajstić information content (AvgIpc) is 3.22. The molecule has 9 heteroatoms. The van der Waals surface area contributed by atoms with E-state index >= 15 is 0 Å².